The van der Waals surface area contributed by atoms with Crippen LogP contribution >= 0.6 is 23.2 Å². The van der Waals surface area contributed by atoms with Crippen LogP contribution in [0.5, 0.6) is 0 Å². The van der Waals surface area contributed by atoms with Gasteiger partial charge in [-0.2, -0.15) is 0 Å². The highest BCUT2D eigenvalue weighted by molar-refractivity contribution is 6.30. The van der Waals surface area contributed by atoms with Gasteiger partial charge in [0.15, 0.2) is 0 Å². The Bertz CT molecular complexity index is 1190. The quantitative estimate of drug-likeness (QED) is 0.330. The average molecular weight is 448 g/mol. The van der Waals surface area contributed by atoms with Crippen LogP contribution in [0.2, 0.25) is 10.0 Å². The average Bonchev–Trinajstić information content (AvgIpc) is 2.79. The molecule has 4 heteroatoms. The molecule has 2 unspecified atom stereocenters. The number of nitrogens with one attached hydrogen (secondary N) is 1. The van der Waals surface area contributed by atoms with Crippen molar-refractivity contribution in [3.05, 3.63) is 118 Å². The van der Waals surface area contributed by atoms with Gasteiger partial charge in [-0.05, 0) is 71.6 Å². The molecule has 0 spiro atoms. The fourth-order valence-corrected chi connectivity index (χ4v) is 4.14. The van der Waals surface area contributed by atoms with Crippen LogP contribution in [0.4, 0.5) is 0 Å². The molecule has 0 radical (unpaired) electrons. The number of benzene rings is 4. The normalized spacial score (nSPS) is 13.0. The Morgan fingerprint density at radius 3 is 2.10 bits per heavy atom. The molecular weight excluding hydrogens is 425 g/mol. The Morgan fingerprint density at radius 2 is 1.42 bits per heavy atom. The molecule has 4 aromatic carbocycles. The summed E-state index contributed by atoms with van der Waals surface area (Å²) in [5.41, 5.74) is 2.95. The minimum absolute atomic E-state index is 0.0756. The third-order valence-electron chi connectivity index (χ3n) is 5.64. The second kappa shape index (κ2) is 9.55. The first-order valence-corrected chi connectivity index (χ1v) is 11.0. The maximum Gasteiger partial charge on any atom is 0.251 e. The van der Waals surface area contributed by atoms with E-state index in [2.05, 4.69) is 5.32 Å². The lowest BCUT2D eigenvalue weighted by molar-refractivity contribution is 0.0934. The topological polar surface area (TPSA) is 29.1 Å². The predicted molar refractivity (Wildman–Crippen MR) is 130 cm³/mol. The highest BCUT2D eigenvalue weighted by atomic mass is 35.5. The summed E-state index contributed by atoms with van der Waals surface area (Å²) >= 11 is 12.2. The van der Waals surface area contributed by atoms with Crippen LogP contribution < -0.4 is 5.32 Å². The molecule has 1 N–H and O–H groups in total. The van der Waals surface area contributed by atoms with Crippen LogP contribution in [-0.4, -0.2) is 11.9 Å². The summed E-state index contributed by atoms with van der Waals surface area (Å²) in [5, 5.41) is 6.79. The summed E-state index contributed by atoms with van der Waals surface area (Å²) in [6.45, 7) is 2.05. The Labute approximate surface area is 192 Å². The van der Waals surface area contributed by atoms with E-state index >= 15 is 0 Å². The summed E-state index contributed by atoms with van der Waals surface area (Å²) in [5.74, 6) is 0.0103. The second-order valence-corrected chi connectivity index (χ2v) is 8.69. The third kappa shape index (κ3) is 5.28. The molecule has 0 aromatic heterocycles. The lowest BCUT2D eigenvalue weighted by Crippen LogP contribution is -2.37. The number of carbonyl (C=O) groups is 1. The first-order chi connectivity index (χ1) is 15.0. The minimum atomic E-state index is -0.0872. The van der Waals surface area contributed by atoms with Crippen molar-refractivity contribution in [1.29, 1.82) is 0 Å². The fraction of sp³-hybridized carbons (Fsp3) is 0.148. The minimum Gasteiger partial charge on any atom is -0.349 e. The molecule has 0 saturated carbocycles. The molecule has 0 saturated heterocycles. The van der Waals surface area contributed by atoms with Crippen molar-refractivity contribution in [1.82, 2.24) is 5.32 Å². The van der Waals surface area contributed by atoms with Crippen molar-refractivity contribution in [2.75, 3.05) is 0 Å². The molecule has 0 fully saturated rings. The van der Waals surface area contributed by atoms with Crippen LogP contribution in [0.3, 0.4) is 0 Å². The van der Waals surface area contributed by atoms with Crippen molar-refractivity contribution in [2.24, 2.45) is 0 Å². The highest BCUT2D eigenvalue weighted by Crippen LogP contribution is 2.27. The largest absolute Gasteiger partial charge is 0.349 e. The Kier molecular flexibility index (Phi) is 6.60. The molecule has 0 aliphatic rings. The van der Waals surface area contributed by atoms with Gasteiger partial charge in [-0.25, -0.2) is 0 Å². The van der Waals surface area contributed by atoms with Crippen LogP contribution in [-0.2, 0) is 6.42 Å². The summed E-state index contributed by atoms with van der Waals surface area (Å²) in [6.07, 6.45) is 0.776. The smallest absolute Gasteiger partial charge is 0.251 e. The van der Waals surface area contributed by atoms with Crippen LogP contribution in [0.15, 0.2) is 91.0 Å². The van der Waals surface area contributed by atoms with Crippen molar-refractivity contribution >= 4 is 39.9 Å². The number of carbonyl (C=O) groups excluding carboxylic acids is 1. The molecule has 0 bridgehead atoms. The number of hydrogen-bond acceptors (Lipinski definition) is 1. The van der Waals surface area contributed by atoms with Gasteiger partial charge in [0.1, 0.15) is 0 Å². The van der Waals surface area contributed by atoms with E-state index in [1.165, 1.54) is 0 Å². The Morgan fingerprint density at radius 1 is 0.806 bits per heavy atom. The van der Waals surface area contributed by atoms with Gasteiger partial charge in [0.2, 0.25) is 0 Å². The molecule has 1 amide bonds. The van der Waals surface area contributed by atoms with Gasteiger partial charge >= 0.3 is 0 Å². The predicted octanol–water partition coefficient (Wildman–Crippen LogP) is 7.29. The van der Waals surface area contributed by atoms with E-state index in [9.17, 15) is 4.79 Å². The molecule has 0 aliphatic heterocycles. The molecule has 4 aromatic rings. The SMILES string of the molecule is CC(NC(=O)c1ccc2ccccc2c1)C(Cc1ccc(Cl)cc1)c1ccc(Cl)cc1. The van der Waals surface area contributed by atoms with Gasteiger partial charge in [0, 0.05) is 27.6 Å². The Balaban J connectivity index is 1.57. The molecule has 156 valence electrons. The van der Waals surface area contributed by atoms with Crippen molar-refractivity contribution in [3.63, 3.8) is 0 Å². The molecular formula is C27H23Cl2NO. The molecule has 0 heterocycles. The Hall–Kier alpha value is -2.81. The highest BCUT2D eigenvalue weighted by Gasteiger charge is 2.22. The van der Waals surface area contributed by atoms with E-state index in [0.29, 0.717) is 15.6 Å². The van der Waals surface area contributed by atoms with Gasteiger partial charge in [-0.1, -0.05) is 77.8 Å². The zero-order valence-corrected chi connectivity index (χ0v) is 18.7. The van der Waals surface area contributed by atoms with E-state index in [0.717, 1.165) is 28.3 Å². The van der Waals surface area contributed by atoms with E-state index in [4.69, 9.17) is 23.2 Å². The van der Waals surface area contributed by atoms with Gasteiger partial charge in [-0.3, -0.25) is 4.79 Å². The van der Waals surface area contributed by atoms with Crippen LogP contribution in [0, 0.1) is 0 Å². The molecule has 0 aliphatic carbocycles. The second-order valence-electron chi connectivity index (χ2n) is 7.81. The van der Waals surface area contributed by atoms with Crippen molar-refractivity contribution in [2.45, 2.75) is 25.3 Å². The number of halogens is 2. The van der Waals surface area contributed by atoms with Crippen molar-refractivity contribution < 1.29 is 4.79 Å². The monoisotopic (exact) mass is 447 g/mol. The van der Waals surface area contributed by atoms with Gasteiger partial charge in [-0.15, -0.1) is 0 Å². The molecule has 31 heavy (non-hydrogen) atoms. The third-order valence-corrected chi connectivity index (χ3v) is 6.14. The molecule has 2 atom stereocenters. The maximum atomic E-state index is 13.0. The van der Waals surface area contributed by atoms with Gasteiger partial charge in [0.05, 0.1) is 0 Å². The van der Waals surface area contributed by atoms with E-state index in [1.807, 2.05) is 97.9 Å². The zero-order valence-electron chi connectivity index (χ0n) is 17.2. The summed E-state index contributed by atoms with van der Waals surface area (Å²) in [6, 6.07) is 29.5. The van der Waals surface area contributed by atoms with E-state index in [-0.39, 0.29) is 17.9 Å². The van der Waals surface area contributed by atoms with Crippen LogP contribution in [0.25, 0.3) is 10.8 Å². The lowest BCUT2D eigenvalue weighted by atomic mass is 9.86. The number of fused-ring (bicyclic) bond motifs is 1. The molecule has 4 rings (SSSR count). The van der Waals surface area contributed by atoms with E-state index < -0.39 is 0 Å². The van der Waals surface area contributed by atoms with Crippen LogP contribution in [0.1, 0.15) is 34.3 Å². The number of rotatable bonds is 6. The summed E-state index contributed by atoms with van der Waals surface area (Å²) in [7, 11) is 0. The first-order valence-electron chi connectivity index (χ1n) is 10.3. The first kappa shape index (κ1) is 21.4. The fourth-order valence-electron chi connectivity index (χ4n) is 3.89. The molecule has 2 nitrogen and oxygen atoms in total. The summed E-state index contributed by atoms with van der Waals surface area (Å²) < 4.78 is 0. The zero-order chi connectivity index (χ0) is 21.8. The number of amides is 1. The lowest BCUT2D eigenvalue weighted by Gasteiger charge is -2.26. The van der Waals surface area contributed by atoms with Crippen molar-refractivity contribution in [3.8, 4) is 0 Å². The maximum absolute atomic E-state index is 13.0. The van der Waals surface area contributed by atoms with Gasteiger partial charge < -0.3 is 5.32 Å². The number of hydrogen-bond donors (Lipinski definition) is 1. The van der Waals surface area contributed by atoms with E-state index in [1.54, 1.807) is 0 Å². The summed E-state index contributed by atoms with van der Waals surface area (Å²) in [4.78, 5) is 13.0. The van der Waals surface area contributed by atoms with Gasteiger partial charge in [0.25, 0.3) is 5.91 Å². The standard InChI is InChI=1S/C27H23Cl2NO/c1-18(30-27(31)23-9-8-20-4-2-3-5-22(20)17-23)26(21-10-14-25(29)15-11-21)16-19-6-12-24(28)13-7-19/h2-15,17-18,26H,16H2,1H3,(H,30,31).